The molecule has 1 fully saturated rings. The van der Waals surface area contributed by atoms with Crippen molar-refractivity contribution in [3.63, 3.8) is 0 Å². The van der Waals surface area contributed by atoms with E-state index >= 15 is 0 Å². The lowest BCUT2D eigenvalue weighted by molar-refractivity contribution is -0.364. The number of fused-ring (bicyclic) bond motifs is 3. The highest BCUT2D eigenvalue weighted by molar-refractivity contribution is 7.17. The largest absolute Gasteiger partial charge is 0.488 e. The Kier molecular flexibility index (Phi) is 4.05. The lowest BCUT2D eigenvalue weighted by Gasteiger charge is -2.30. The Morgan fingerprint density at radius 3 is 2.67 bits per heavy atom. The zero-order chi connectivity index (χ0) is 18.2. The van der Waals surface area contributed by atoms with Gasteiger partial charge in [0.15, 0.2) is 0 Å². The Morgan fingerprint density at radius 2 is 1.85 bits per heavy atom. The molecule has 2 aromatic heterocycles. The van der Waals surface area contributed by atoms with Crippen LogP contribution in [0, 0.1) is 0 Å². The summed E-state index contributed by atoms with van der Waals surface area (Å²) >= 11 is 1.59. The number of ether oxygens (including phenoxy) is 1. The number of para-hydroxylation sites is 1. The van der Waals surface area contributed by atoms with Crippen LogP contribution < -0.4 is 14.6 Å². The number of piperazine rings is 1. The van der Waals surface area contributed by atoms with Gasteiger partial charge >= 0.3 is 0 Å². The number of pyridine rings is 1. The molecule has 6 heteroatoms. The normalized spacial score (nSPS) is 15.7. The van der Waals surface area contributed by atoms with E-state index in [1.165, 1.54) is 0 Å². The third-order valence-electron chi connectivity index (χ3n) is 5.13. The zero-order valence-electron chi connectivity index (χ0n) is 14.9. The second-order valence-corrected chi connectivity index (χ2v) is 7.83. The quantitative estimate of drug-likeness (QED) is 0.689. The molecule has 0 radical (unpaired) electrons. The average Bonchev–Trinajstić information content (AvgIpc) is 3.19. The third-order valence-corrected chi connectivity index (χ3v) is 6.33. The molecule has 4 heterocycles. The van der Waals surface area contributed by atoms with E-state index in [1.807, 2.05) is 47.5 Å². The second kappa shape index (κ2) is 6.70. The van der Waals surface area contributed by atoms with E-state index in [1.54, 1.807) is 11.3 Å². The minimum Gasteiger partial charge on any atom is -0.488 e. The van der Waals surface area contributed by atoms with Crippen molar-refractivity contribution in [1.82, 2.24) is 4.90 Å². The van der Waals surface area contributed by atoms with Crippen LogP contribution in [0.3, 0.4) is 0 Å². The van der Waals surface area contributed by atoms with Gasteiger partial charge in [-0.3, -0.25) is 9.69 Å². The lowest BCUT2D eigenvalue weighted by atomic mass is 10.1. The maximum atomic E-state index is 13.0. The fourth-order valence-electron chi connectivity index (χ4n) is 3.69. The number of aromatic nitrogens is 1. The molecule has 136 valence electrons. The van der Waals surface area contributed by atoms with Gasteiger partial charge in [-0.25, -0.2) is 4.98 Å². The molecule has 3 aromatic rings. The van der Waals surface area contributed by atoms with E-state index in [-0.39, 0.29) is 5.91 Å². The number of benzene rings is 1. The standard InChI is InChI=1S/C21H19N3O2S/c25-21(24-11-9-23(10-12-24)19-7-3-4-8-22-19)18-13-15-14-26-17-6-2-1-5-16(17)20(15)27-18/h1-8,13H,9-12,14H2/p+1. The second-order valence-electron chi connectivity index (χ2n) is 6.78. The highest BCUT2D eigenvalue weighted by atomic mass is 32.1. The molecule has 0 atom stereocenters. The van der Waals surface area contributed by atoms with Crippen LogP contribution in [0.1, 0.15) is 15.2 Å². The Morgan fingerprint density at radius 1 is 1.04 bits per heavy atom. The summed E-state index contributed by atoms with van der Waals surface area (Å²) in [6.07, 6.45) is 1.93. The van der Waals surface area contributed by atoms with Gasteiger partial charge in [0.05, 0.1) is 24.2 Å². The predicted octanol–water partition coefficient (Wildman–Crippen LogP) is 3.08. The van der Waals surface area contributed by atoms with Crippen molar-refractivity contribution in [2.75, 3.05) is 31.1 Å². The SMILES string of the molecule is O=C(c1cc2c(s1)-c1ccccc1OC2)N1CCN(c2cccc[nH+]2)CC1. The van der Waals surface area contributed by atoms with Crippen molar-refractivity contribution in [1.29, 1.82) is 0 Å². The Hall–Kier alpha value is -2.86. The van der Waals surface area contributed by atoms with Crippen LogP contribution in [-0.4, -0.2) is 37.0 Å². The van der Waals surface area contributed by atoms with Crippen molar-refractivity contribution in [3.05, 3.63) is 65.2 Å². The summed E-state index contributed by atoms with van der Waals surface area (Å²) in [6.45, 7) is 3.68. The van der Waals surface area contributed by atoms with Gasteiger partial charge in [0, 0.05) is 22.1 Å². The van der Waals surface area contributed by atoms with Crippen LogP contribution in [-0.2, 0) is 6.61 Å². The van der Waals surface area contributed by atoms with Gasteiger partial charge in [-0.05, 0) is 24.3 Å². The van der Waals surface area contributed by atoms with Crippen LogP contribution in [0.2, 0.25) is 0 Å². The number of hydrogen-bond acceptors (Lipinski definition) is 4. The Bertz CT molecular complexity index is 978. The maximum Gasteiger partial charge on any atom is 0.274 e. The van der Waals surface area contributed by atoms with Crippen LogP contribution >= 0.6 is 11.3 Å². The number of nitrogens with zero attached hydrogens (tertiary/aromatic N) is 2. The van der Waals surface area contributed by atoms with Crippen molar-refractivity contribution in [2.45, 2.75) is 6.61 Å². The molecule has 0 spiro atoms. The number of nitrogens with one attached hydrogen (secondary N) is 1. The molecule has 0 saturated carbocycles. The smallest absolute Gasteiger partial charge is 0.274 e. The van der Waals surface area contributed by atoms with E-state index in [4.69, 9.17) is 4.74 Å². The fourth-order valence-corrected chi connectivity index (χ4v) is 4.86. The van der Waals surface area contributed by atoms with Crippen molar-refractivity contribution < 1.29 is 14.5 Å². The van der Waals surface area contributed by atoms with Crippen LogP contribution in [0.4, 0.5) is 5.82 Å². The molecule has 1 N–H and O–H groups in total. The Balaban J connectivity index is 1.33. The highest BCUT2D eigenvalue weighted by Gasteiger charge is 2.29. The zero-order valence-corrected chi connectivity index (χ0v) is 15.7. The summed E-state index contributed by atoms with van der Waals surface area (Å²) in [7, 11) is 0. The van der Waals surface area contributed by atoms with Gasteiger partial charge in [0.25, 0.3) is 11.7 Å². The summed E-state index contributed by atoms with van der Waals surface area (Å²) < 4.78 is 5.82. The molecular weight excluding hydrogens is 358 g/mol. The molecule has 0 unspecified atom stereocenters. The molecule has 1 amide bonds. The number of aromatic amines is 1. The van der Waals surface area contributed by atoms with E-state index in [0.29, 0.717) is 6.61 Å². The molecule has 5 rings (SSSR count). The first-order chi connectivity index (χ1) is 13.3. The molecular formula is C21H20N3O2S+. The number of thiophene rings is 1. The monoisotopic (exact) mass is 378 g/mol. The summed E-state index contributed by atoms with van der Waals surface area (Å²) in [5.74, 6) is 2.13. The van der Waals surface area contributed by atoms with E-state index in [2.05, 4.69) is 22.0 Å². The van der Waals surface area contributed by atoms with Crippen LogP contribution in [0.15, 0.2) is 54.7 Å². The summed E-state index contributed by atoms with van der Waals surface area (Å²) in [5, 5.41) is 0. The Labute approximate surface area is 161 Å². The van der Waals surface area contributed by atoms with Crippen LogP contribution in [0.25, 0.3) is 10.4 Å². The van der Waals surface area contributed by atoms with Gasteiger partial charge in [-0.2, -0.15) is 0 Å². The summed E-state index contributed by atoms with van der Waals surface area (Å²) in [6, 6.07) is 16.1. The van der Waals surface area contributed by atoms with Crippen molar-refractivity contribution in [3.8, 4) is 16.2 Å². The van der Waals surface area contributed by atoms with E-state index in [9.17, 15) is 4.79 Å². The van der Waals surface area contributed by atoms with Gasteiger partial charge in [-0.15, -0.1) is 11.3 Å². The first-order valence-corrected chi connectivity index (χ1v) is 9.97. The number of carbonyl (C=O) groups is 1. The van der Waals surface area contributed by atoms with Gasteiger partial charge < -0.3 is 9.64 Å². The lowest BCUT2D eigenvalue weighted by Crippen LogP contribution is -2.49. The fraction of sp³-hybridized carbons (Fsp3) is 0.238. The minimum absolute atomic E-state index is 0.128. The summed E-state index contributed by atoms with van der Waals surface area (Å²) in [4.78, 5) is 22.5. The average molecular weight is 378 g/mol. The molecule has 0 aliphatic carbocycles. The topological polar surface area (TPSA) is 46.9 Å². The first-order valence-electron chi connectivity index (χ1n) is 9.15. The highest BCUT2D eigenvalue weighted by Crippen LogP contribution is 2.42. The first kappa shape index (κ1) is 16.3. The summed E-state index contributed by atoms with van der Waals surface area (Å²) in [5.41, 5.74) is 2.20. The van der Waals surface area contributed by atoms with Gasteiger partial charge in [-0.1, -0.05) is 18.2 Å². The molecule has 27 heavy (non-hydrogen) atoms. The molecule has 2 aliphatic heterocycles. The van der Waals surface area contributed by atoms with Crippen molar-refractivity contribution in [2.24, 2.45) is 0 Å². The van der Waals surface area contributed by atoms with Gasteiger partial charge in [0.2, 0.25) is 0 Å². The number of H-pyrrole nitrogens is 1. The minimum atomic E-state index is 0.128. The molecule has 1 saturated heterocycles. The number of rotatable bonds is 2. The molecule has 5 nitrogen and oxygen atoms in total. The number of hydrogen-bond donors (Lipinski definition) is 0. The van der Waals surface area contributed by atoms with Gasteiger partial charge in [0.1, 0.15) is 25.4 Å². The number of amides is 1. The predicted molar refractivity (Wildman–Crippen MR) is 105 cm³/mol. The number of anilines is 1. The molecule has 1 aromatic carbocycles. The third kappa shape index (κ3) is 2.96. The van der Waals surface area contributed by atoms with E-state index in [0.717, 1.165) is 58.6 Å². The molecule has 0 bridgehead atoms. The maximum absolute atomic E-state index is 13.0. The molecule has 2 aliphatic rings. The number of carbonyl (C=O) groups excluding carboxylic acids is 1. The van der Waals surface area contributed by atoms with E-state index < -0.39 is 0 Å². The van der Waals surface area contributed by atoms with Crippen molar-refractivity contribution >= 4 is 23.1 Å². The van der Waals surface area contributed by atoms with Crippen LogP contribution in [0.5, 0.6) is 5.75 Å².